The molecule has 0 bridgehead atoms. The van der Waals surface area contributed by atoms with E-state index in [0.717, 1.165) is 11.4 Å². The second-order valence-corrected chi connectivity index (χ2v) is 5.60. The Morgan fingerprint density at radius 2 is 2.22 bits per heavy atom. The topological polar surface area (TPSA) is 37.0 Å². The number of anilines is 2. The number of hydrogen-bond donors (Lipinski definition) is 2. The first kappa shape index (κ1) is 11.5. The monoisotopic (exact) mass is 259 g/mol. The fourth-order valence-electron chi connectivity index (χ4n) is 2.49. The van der Waals surface area contributed by atoms with Gasteiger partial charge in [-0.05, 0) is 42.3 Å². The maximum absolute atomic E-state index is 4.24. The molecule has 2 heterocycles. The molecular formula is C14H17N3S. The average molecular weight is 259 g/mol. The molecule has 0 saturated carbocycles. The first-order chi connectivity index (χ1) is 8.86. The third-order valence-corrected chi connectivity index (χ3v) is 4.42. The van der Waals surface area contributed by atoms with Crippen molar-refractivity contribution >= 4 is 22.7 Å². The summed E-state index contributed by atoms with van der Waals surface area (Å²) < 4.78 is 0. The zero-order valence-electron chi connectivity index (χ0n) is 10.4. The van der Waals surface area contributed by atoms with E-state index < -0.39 is 0 Å². The minimum absolute atomic E-state index is 0.439. The van der Waals surface area contributed by atoms with Gasteiger partial charge in [-0.1, -0.05) is 0 Å². The van der Waals surface area contributed by atoms with Crippen LogP contribution in [0.15, 0.2) is 29.9 Å². The van der Waals surface area contributed by atoms with E-state index in [9.17, 15) is 0 Å². The molecule has 2 aromatic rings. The van der Waals surface area contributed by atoms with Crippen molar-refractivity contribution in [3.05, 3.63) is 40.3 Å². The molecule has 0 spiro atoms. The Morgan fingerprint density at radius 1 is 1.33 bits per heavy atom. The molecule has 1 aliphatic carbocycles. The van der Waals surface area contributed by atoms with E-state index >= 15 is 0 Å². The lowest BCUT2D eigenvalue weighted by Crippen LogP contribution is -2.15. The lowest BCUT2D eigenvalue weighted by molar-refractivity contribution is 0.608. The molecule has 0 aliphatic heterocycles. The van der Waals surface area contributed by atoms with Crippen LogP contribution in [0.25, 0.3) is 0 Å². The Morgan fingerprint density at radius 3 is 3.11 bits per heavy atom. The third kappa shape index (κ3) is 2.20. The van der Waals surface area contributed by atoms with Gasteiger partial charge in [0, 0.05) is 11.9 Å². The predicted octanol–water partition coefficient (Wildman–Crippen LogP) is 3.67. The van der Waals surface area contributed by atoms with Gasteiger partial charge in [-0.15, -0.1) is 11.3 Å². The molecule has 0 radical (unpaired) electrons. The molecule has 1 unspecified atom stereocenters. The number of aromatic nitrogens is 1. The lowest BCUT2D eigenvalue weighted by atomic mass is 9.94. The fourth-order valence-corrected chi connectivity index (χ4v) is 3.48. The Bertz CT molecular complexity index is 535. The highest BCUT2D eigenvalue weighted by Gasteiger charge is 2.20. The van der Waals surface area contributed by atoms with Crippen molar-refractivity contribution in [3.8, 4) is 0 Å². The summed E-state index contributed by atoms with van der Waals surface area (Å²) in [6, 6.07) is 4.80. The van der Waals surface area contributed by atoms with Crippen molar-refractivity contribution < 1.29 is 0 Å². The van der Waals surface area contributed by atoms with Crippen LogP contribution in [0.5, 0.6) is 0 Å². The molecule has 3 nitrogen and oxygen atoms in total. The van der Waals surface area contributed by atoms with Crippen LogP contribution in [0, 0.1) is 0 Å². The van der Waals surface area contributed by atoms with E-state index in [1.54, 1.807) is 0 Å². The minimum atomic E-state index is 0.439. The number of thiophene rings is 1. The van der Waals surface area contributed by atoms with Crippen molar-refractivity contribution in [2.75, 3.05) is 17.7 Å². The van der Waals surface area contributed by atoms with Gasteiger partial charge in [0.25, 0.3) is 0 Å². The Balaban J connectivity index is 1.81. The van der Waals surface area contributed by atoms with E-state index in [1.807, 2.05) is 30.8 Å². The third-order valence-electron chi connectivity index (χ3n) is 3.42. The van der Waals surface area contributed by atoms with Crippen LogP contribution in [0.4, 0.5) is 11.4 Å². The van der Waals surface area contributed by atoms with Crippen LogP contribution in [0.1, 0.15) is 29.3 Å². The van der Waals surface area contributed by atoms with E-state index in [-0.39, 0.29) is 0 Å². The second-order valence-electron chi connectivity index (χ2n) is 4.60. The first-order valence-corrected chi connectivity index (χ1v) is 7.20. The number of aryl methyl sites for hydroxylation is 1. The molecule has 94 valence electrons. The summed E-state index contributed by atoms with van der Waals surface area (Å²) in [6.45, 7) is 0. The van der Waals surface area contributed by atoms with Gasteiger partial charge in [-0.25, -0.2) is 0 Å². The van der Waals surface area contributed by atoms with Gasteiger partial charge in [-0.3, -0.25) is 4.98 Å². The zero-order chi connectivity index (χ0) is 12.4. The SMILES string of the molecule is CNc1cncc(NC2CCCc3sccc32)c1. The molecular weight excluding hydrogens is 242 g/mol. The first-order valence-electron chi connectivity index (χ1n) is 6.32. The Labute approximate surface area is 111 Å². The van der Waals surface area contributed by atoms with Crippen molar-refractivity contribution in [1.29, 1.82) is 0 Å². The van der Waals surface area contributed by atoms with Crippen LogP contribution < -0.4 is 10.6 Å². The van der Waals surface area contributed by atoms with Gasteiger partial charge in [0.15, 0.2) is 0 Å². The van der Waals surface area contributed by atoms with Gasteiger partial charge in [0.05, 0.1) is 29.8 Å². The van der Waals surface area contributed by atoms with Gasteiger partial charge in [0.1, 0.15) is 0 Å². The van der Waals surface area contributed by atoms with Gasteiger partial charge in [0.2, 0.25) is 0 Å². The maximum Gasteiger partial charge on any atom is 0.0552 e. The number of fused-ring (bicyclic) bond motifs is 1. The van der Waals surface area contributed by atoms with Gasteiger partial charge in [-0.2, -0.15) is 0 Å². The summed E-state index contributed by atoms with van der Waals surface area (Å²) in [7, 11) is 1.92. The molecule has 0 fully saturated rings. The smallest absolute Gasteiger partial charge is 0.0552 e. The molecule has 2 N–H and O–H groups in total. The van der Waals surface area contributed by atoms with Crippen molar-refractivity contribution in [2.45, 2.75) is 25.3 Å². The molecule has 18 heavy (non-hydrogen) atoms. The fraction of sp³-hybridized carbons (Fsp3) is 0.357. The van der Waals surface area contributed by atoms with Crippen molar-refractivity contribution in [3.63, 3.8) is 0 Å². The van der Waals surface area contributed by atoms with E-state index in [2.05, 4.69) is 33.1 Å². The zero-order valence-corrected chi connectivity index (χ0v) is 11.3. The van der Waals surface area contributed by atoms with E-state index in [0.29, 0.717) is 6.04 Å². The lowest BCUT2D eigenvalue weighted by Gasteiger charge is -2.24. The minimum Gasteiger partial charge on any atom is -0.387 e. The second kappa shape index (κ2) is 4.98. The van der Waals surface area contributed by atoms with Crippen LogP contribution >= 0.6 is 11.3 Å². The number of rotatable bonds is 3. The standard InChI is InChI=1S/C14H17N3S/c1-15-10-7-11(9-16-8-10)17-13-3-2-4-14-12(13)5-6-18-14/h5-9,13,15,17H,2-4H2,1H3. The largest absolute Gasteiger partial charge is 0.387 e. The summed E-state index contributed by atoms with van der Waals surface area (Å²) in [4.78, 5) is 5.78. The molecule has 0 aromatic carbocycles. The molecule has 1 atom stereocenters. The van der Waals surface area contributed by atoms with Gasteiger partial charge < -0.3 is 10.6 Å². The highest BCUT2D eigenvalue weighted by molar-refractivity contribution is 7.10. The van der Waals surface area contributed by atoms with Crippen LogP contribution in [0.2, 0.25) is 0 Å². The molecule has 2 aromatic heterocycles. The normalized spacial score (nSPS) is 18.2. The predicted molar refractivity (Wildman–Crippen MR) is 77.4 cm³/mol. The summed E-state index contributed by atoms with van der Waals surface area (Å²) in [5.74, 6) is 0. The van der Waals surface area contributed by atoms with E-state index in [1.165, 1.54) is 29.7 Å². The summed E-state index contributed by atoms with van der Waals surface area (Å²) in [6.07, 6.45) is 7.43. The number of pyridine rings is 1. The molecule has 1 aliphatic rings. The highest BCUT2D eigenvalue weighted by Crippen LogP contribution is 2.35. The molecule has 3 rings (SSSR count). The van der Waals surface area contributed by atoms with Gasteiger partial charge >= 0.3 is 0 Å². The van der Waals surface area contributed by atoms with Crippen LogP contribution in [0.3, 0.4) is 0 Å². The maximum atomic E-state index is 4.24. The number of nitrogens with one attached hydrogen (secondary N) is 2. The van der Waals surface area contributed by atoms with Crippen LogP contribution in [-0.2, 0) is 6.42 Å². The quantitative estimate of drug-likeness (QED) is 0.883. The molecule has 0 amide bonds. The van der Waals surface area contributed by atoms with Crippen molar-refractivity contribution in [2.24, 2.45) is 0 Å². The molecule has 4 heteroatoms. The number of nitrogens with zero attached hydrogens (tertiary/aromatic N) is 1. The average Bonchev–Trinajstić information content (AvgIpc) is 2.88. The van der Waals surface area contributed by atoms with E-state index in [4.69, 9.17) is 0 Å². The van der Waals surface area contributed by atoms with Crippen molar-refractivity contribution in [1.82, 2.24) is 4.98 Å². The number of hydrogen-bond acceptors (Lipinski definition) is 4. The summed E-state index contributed by atoms with van der Waals surface area (Å²) >= 11 is 1.88. The summed E-state index contributed by atoms with van der Waals surface area (Å²) in [5.41, 5.74) is 3.60. The Hall–Kier alpha value is -1.55. The van der Waals surface area contributed by atoms with Crippen LogP contribution in [-0.4, -0.2) is 12.0 Å². The summed E-state index contributed by atoms with van der Waals surface area (Å²) in [5, 5.41) is 8.92. The Kier molecular flexibility index (Phi) is 3.19. The molecule has 0 saturated heterocycles. The highest BCUT2D eigenvalue weighted by atomic mass is 32.1.